The maximum atomic E-state index is 5.64. The molecule has 7 heteroatoms. The molecule has 0 amide bonds. The number of rotatable bonds is 5. The molecule has 0 radical (unpaired) electrons. The Balaban J connectivity index is 0.00000132. The molecule has 1 N–H and O–H groups in total. The van der Waals surface area contributed by atoms with Crippen molar-refractivity contribution in [1.29, 1.82) is 0 Å². The highest BCUT2D eigenvalue weighted by Gasteiger charge is 2.27. The largest absolute Gasteiger partial charge is 0.494 e. The number of ether oxygens (including phenoxy) is 1. The topological polar surface area (TPSA) is 56.8 Å². The first-order valence-electron chi connectivity index (χ1n) is 11.5. The second-order valence-electron chi connectivity index (χ2n) is 8.15. The Morgan fingerprint density at radius 2 is 1.61 bits per heavy atom. The number of aromatic nitrogens is 2. The van der Waals surface area contributed by atoms with Crippen LogP contribution in [0.2, 0.25) is 0 Å². The lowest BCUT2D eigenvalue weighted by molar-refractivity contribution is 0.0982. The summed E-state index contributed by atoms with van der Waals surface area (Å²) in [4.78, 5) is 16.2. The van der Waals surface area contributed by atoms with Crippen LogP contribution in [0.15, 0.2) is 30.6 Å². The molecule has 0 aliphatic carbocycles. The van der Waals surface area contributed by atoms with Crippen molar-refractivity contribution < 1.29 is 4.74 Å². The fourth-order valence-corrected chi connectivity index (χ4v) is 4.23. The number of piperidine rings is 1. The van der Waals surface area contributed by atoms with Crippen LogP contribution in [0.1, 0.15) is 32.3 Å². The van der Waals surface area contributed by atoms with Gasteiger partial charge in [0.2, 0.25) is 5.95 Å². The van der Waals surface area contributed by atoms with Gasteiger partial charge in [0.1, 0.15) is 5.75 Å². The van der Waals surface area contributed by atoms with Crippen LogP contribution >= 0.6 is 0 Å². The minimum atomic E-state index is 0.578. The van der Waals surface area contributed by atoms with Crippen molar-refractivity contribution in [2.45, 2.75) is 39.7 Å². The van der Waals surface area contributed by atoms with Gasteiger partial charge in [-0.15, -0.1) is 0 Å². The van der Waals surface area contributed by atoms with Crippen molar-refractivity contribution in [3.05, 3.63) is 36.2 Å². The van der Waals surface area contributed by atoms with E-state index in [1.54, 1.807) is 19.5 Å². The van der Waals surface area contributed by atoms with Gasteiger partial charge >= 0.3 is 0 Å². The average molecular weight is 427 g/mol. The van der Waals surface area contributed by atoms with Crippen molar-refractivity contribution in [2.75, 3.05) is 63.6 Å². The number of anilines is 3. The third-order valence-electron chi connectivity index (χ3n) is 6.10. The number of likely N-dealkylation sites (N-methyl/N-ethyl adjacent to an activating group) is 1. The van der Waals surface area contributed by atoms with E-state index in [1.807, 2.05) is 20.8 Å². The number of hydrogen-bond donors (Lipinski definition) is 1. The van der Waals surface area contributed by atoms with E-state index in [-0.39, 0.29) is 0 Å². The lowest BCUT2D eigenvalue weighted by Gasteiger charge is -2.42. The van der Waals surface area contributed by atoms with Gasteiger partial charge in [0, 0.05) is 69.5 Å². The van der Waals surface area contributed by atoms with Gasteiger partial charge in [0.15, 0.2) is 0 Å². The Morgan fingerprint density at radius 1 is 0.968 bits per heavy atom. The van der Waals surface area contributed by atoms with Crippen molar-refractivity contribution in [3.8, 4) is 5.75 Å². The zero-order valence-electron chi connectivity index (χ0n) is 19.8. The number of nitrogens with zero attached hydrogens (tertiary/aromatic N) is 5. The van der Waals surface area contributed by atoms with Gasteiger partial charge in [-0.25, -0.2) is 9.97 Å². The number of benzene rings is 1. The molecule has 31 heavy (non-hydrogen) atoms. The van der Waals surface area contributed by atoms with Crippen molar-refractivity contribution in [3.63, 3.8) is 0 Å². The molecule has 2 fully saturated rings. The van der Waals surface area contributed by atoms with E-state index >= 15 is 0 Å². The monoisotopic (exact) mass is 426 g/mol. The summed E-state index contributed by atoms with van der Waals surface area (Å²) in [6.07, 6.45) is 6.06. The molecule has 0 unspecified atom stereocenters. The predicted octanol–water partition coefficient (Wildman–Crippen LogP) is 3.78. The summed E-state index contributed by atoms with van der Waals surface area (Å²) in [6, 6.07) is 7.06. The molecule has 2 aromatic rings. The fraction of sp³-hybridized carbons (Fsp3) is 0.583. The third-order valence-corrected chi connectivity index (χ3v) is 6.10. The molecule has 0 atom stereocenters. The standard InChI is InChI=1S/C22H32N6O.C2H6/c1-17-15-23-22(24-16-17)25-20-5-4-19(14-21(20)29-3)27-8-6-18(7-9-27)28-12-10-26(2)11-13-28;1-2/h4-5,14-16,18H,6-13H2,1-3H3,(H,23,24,25);1-2H3. The lowest BCUT2D eigenvalue weighted by atomic mass is 10.0. The van der Waals surface area contributed by atoms with E-state index < -0.39 is 0 Å². The lowest BCUT2D eigenvalue weighted by Crippen LogP contribution is -2.52. The Morgan fingerprint density at radius 3 is 2.23 bits per heavy atom. The summed E-state index contributed by atoms with van der Waals surface area (Å²) in [7, 11) is 3.93. The van der Waals surface area contributed by atoms with Gasteiger partial charge < -0.3 is 19.9 Å². The predicted molar refractivity (Wildman–Crippen MR) is 129 cm³/mol. The van der Waals surface area contributed by atoms with Crippen LogP contribution < -0.4 is 15.0 Å². The van der Waals surface area contributed by atoms with Crippen LogP contribution in [0.25, 0.3) is 0 Å². The maximum Gasteiger partial charge on any atom is 0.227 e. The van der Waals surface area contributed by atoms with E-state index in [0.29, 0.717) is 5.95 Å². The highest BCUT2D eigenvalue weighted by atomic mass is 16.5. The summed E-state index contributed by atoms with van der Waals surface area (Å²) >= 11 is 0. The molecule has 2 saturated heterocycles. The summed E-state index contributed by atoms with van der Waals surface area (Å²) in [6.45, 7) is 13.0. The van der Waals surface area contributed by atoms with Crippen LogP contribution in [0.3, 0.4) is 0 Å². The minimum Gasteiger partial charge on any atom is -0.494 e. The molecule has 2 aliphatic rings. The average Bonchev–Trinajstić information content (AvgIpc) is 2.83. The van der Waals surface area contributed by atoms with Gasteiger partial charge in [0.05, 0.1) is 12.8 Å². The van der Waals surface area contributed by atoms with Crippen molar-refractivity contribution in [1.82, 2.24) is 19.8 Å². The van der Waals surface area contributed by atoms with Gasteiger partial charge in [-0.3, -0.25) is 4.90 Å². The molecular weight excluding hydrogens is 388 g/mol. The first-order chi connectivity index (χ1) is 15.1. The third kappa shape index (κ3) is 6.08. The number of methoxy groups -OCH3 is 1. The minimum absolute atomic E-state index is 0.578. The quantitative estimate of drug-likeness (QED) is 0.781. The molecule has 1 aromatic carbocycles. The van der Waals surface area contributed by atoms with E-state index in [1.165, 1.54) is 44.7 Å². The van der Waals surface area contributed by atoms with Crippen LogP contribution in [0.5, 0.6) is 5.75 Å². The van der Waals surface area contributed by atoms with Gasteiger partial charge in [-0.05, 0) is 44.5 Å². The van der Waals surface area contributed by atoms with E-state index in [4.69, 9.17) is 4.74 Å². The maximum absolute atomic E-state index is 5.64. The van der Waals surface area contributed by atoms with E-state index in [0.717, 1.165) is 36.1 Å². The van der Waals surface area contributed by atoms with Crippen LogP contribution in [-0.4, -0.2) is 79.2 Å². The normalized spacial score (nSPS) is 18.3. The van der Waals surface area contributed by atoms with E-state index in [9.17, 15) is 0 Å². The molecule has 0 spiro atoms. The van der Waals surface area contributed by atoms with Gasteiger partial charge in [-0.1, -0.05) is 13.8 Å². The number of hydrogen-bond acceptors (Lipinski definition) is 7. The smallest absolute Gasteiger partial charge is 0.227 e. The molecule has 1 aromatic heterocycles. The van der Waals surface area contributed by atoms with Crippen LogP contribution in [0.4, 0.5) is 17.3 Å². The van der Waals surface area contributed by atoms with Crippen molar-refractivity contribution >= 4 is 17.3 Å². The second-order valence-corrected chi connectivity index (χ2v) is 8.15. The first-order valence-corrected chi connectivity index (χ1v) is 11.5. The van der Waals surface area contributed by atoms with Crippen molar-refractivity contribution in [2.24, 2.45) is 0 Å². The van der Waals surface area contributed by atoms with E-state index in [2.05, 4.69) is 55.2 Å². The molecule has 170 valence electrons. The highest BCUT2D eigenvalue weighted by molar-refractivity contribution is 5.68. The first kappa shape index (κ1) is 23.3. The highest BCUT2D eigenvalue weighted by Crippen LogP contribution is 2.33. The molecule has 0 saturated carbocycles. The summed E-state index contributed by atoms with van der Waals surface area (Å²) in [5.74, 6) is 1.39. The summed E-state index contributed by atoms with van der Waals surface area (Å²) in [5, 5.41) is 3.26. The van der Waals surface area contributed by atoms with Crippen LogP contribution in [-0.2, 0) is 0 Å². The Labute approximate surface area is 187 Å². The number of nitrogens with one attached hydrogen (secondary N) is 1. The summed E-state index contributed by atoms with van der Waals surface area (Å²) in [5.41, 5.74) is 3.14. The zero-order chi connectivity index (χ0) is 22.2. The number of aryl methyl sites for hydroxylation is 1. The van der Waals surface area contributed by atoms with Crippen LogP contribution in [0, 0.1) is 6.92 Å². The molecule has 0 bridgehead atoms. The van der Waals surface area contributed by atoms with Gasteiger partial charge in [-0.2, -0.15) is 0 Å². The second kappa shape index (κ2) is 11.3. The fourth-order valence-electron chi connectivity index (χ4n) is 4.23. The molecule has 3 heterocycles. The summed E-state index contributed by atoms with van der Waals surface area (Å²) < 4.78 is 5.64. The number of piperazine rings is 1. The molecular formula is C24H38N6O. The SMILES string of the molecule is CC.COc1cc(N2CCC(N3CCN(C)CC3)CC2)ccc1Nc1ncc(C)cn1. The molecule has 7 nitrogen and oxygen atoms in total. The molecule has 2 aliphatic heterocycles. The molecule has 4 rings (SSSR count). The Bertz CT molecular complexity index is 796. The Kier molecular flexibility index (Phi) is 8.49. The van der Waals surface area contributed by atoms with Gasteiger partial charge in [0.25, 0.3) is 0 Å². The zero-order valence-corrected chi connectivity index (χ0v) is 19.8. The Hall–Kier alpha value is -2.38.